The molecular formula is C31H36F4N4O2S. The SMILES string of the molecule is CN1C(=O)/C(=C/c2ccc(C(F)(F)F)cc2)SC2CCC(C(=O)NCCCN3CCN(c4ccccc4F)CC3)CC21. The van der Waals surface area contributed by atoms with Crippen molar-refractivity contribution < 1.29 is 27.2 Å². The van der Waals surface area contributed by atoms with Crippen molar-refractivity contribution in [2.45, 2.75) is 43.2 Å². The number of fused-ring (bicyclic) bond motifs is 1. The predicted molar refractivity (Wildman–Crippen MR) is 157 cm³/mol. The first-order chi connectivity index (χ1) is 20.1. The van der Waals surface area contributed by atoms with Gasteiger partial charge in [0.25, 0.3) is 5.91 Å². The van der Waals surface area contributed by atoms with Crippen LogP contribution in [0.1, 0.15) is 36.8 Å². The molecule has 1 aliphatic carbocycles. The van der Waals surface area contributed by atoms with Crippen LogP contribution in [0, 0.1) is 11.7 Å². The predicted octanol–water partition coefficient (Wildman–Crippen LogP) is 5.26. The molecule has 0 aromatic heterocycles. The van der Waals surface area contributed by atoms with Gasteiger partial charge in [-0.25, -0.2) is 4.39 Å². The third-order valence-corrected chi connectivity index (χ3v) is 9.88. The quantitative estimate of drug-likeness (QED) is 0.266. The minimum atomic E-state index is -4.40. The van der Waals surface area contributed by atoms with E-state index in [2.05, 4.69) is 15.1 Å². The molecule has 226 valence electrons. The number of rotatable bonds is 7. The maximum absolute atomic E-state index is 14.1. The summed E-state index contributed by atoms with van der Waals surface area (Å²) in [5.41, 5.74) is 0.473. The number of piperazine rings is 1. The Morgan fingerprint density at radius 2 is 1.76 bits per heavy atom. The molecule has 2 aromatic carbocycles. The fourth-order valence-corrected chi connectivity index (χ4v) is 7.51. The standard InChI is InChI=1S/C31H36F4N4O2S/c1-37-26-20-22(9-12-27(26)42-28(30(37)41)19-21-7-10-23(11-8-21)31(33,34)35)29(40)36-13-4-14-38-15-17-39(18-16-38)25-6-3-2-5-24(25)32/h2-3,5-8,10-11,19,22,26-27H,4,9,12-18,20H2,1H3,(H,36,40)/b28-19-. The molecule has 2 heterocycles. The molecule has 2 aliphatic heterocycles. The number of amides is 2. The Labute approximate surface area is 248 Å². The number of nitrogens with zero attached hydrogens (tertiary/aromatic N) is 3. The second-order valence-electron chi connectivity index (χ2n) is 11.2. The van der Waals surface area contributed by atoms with Crippen LogP contribution in [-0.2, 0) is 15.8 Å². The summed E-state index contributed by atoms with van der Waals surface area (Å²) in [5.74, 6) is -0.501. The van der Waals surface area contributed by atoms with Crippen LogP contribution in [0.5, 0.6) is 0 Å². The number of thioether (sulfide) groups is 1. The summed E-state index contributed by atoms with van der Waals surface area (Å²) in [6, 6.07) is 11.6. The van der Waals surface area contributed by atoms with Gasteiger partial charge in [0.1, 0.15) is 5.82 Å². The van der Waals surface area contributed by atoms with Crippen molar-refractivity contribution in [3.8, 4) is 0 Å². The molecule has 2 amide bonds. The molecule has 0 bridgehead atoms. The van der Waals surface area contributed by atoms with Gasteiger partial charge < -0.3 is 15.1 Å². The first kappa shape index (κ1) is 30.4. The molecule has 3 aliphatic rings. The van der Waals surface area contributed by atoms with Crippen molar-refractivity contribution >= 4 is 35.3 Å². The van der Waals surface area contributed by atoms with Gasteiger partial charge in [0.15, 0.2) is 0 Å². The largest absolute Gasteiger partial charge is 0.416 e. The molecule has 42 heavy (non-hydrogen) atoms. The Balaban J connectivity index is 1.05. The second kappa shape index (κ2) is 13.1. The summed E-state index contributed by atoms with van der Waals surface area (Å²) in [4.78, 5) is 32.7. The number of carbonyl (C=O) groups excluding carboxylic acids is 2. The van der Waals surface area contributed by atoms with Crippen molar-refractivity contribution in [1.29, 1.82) is 0 Å². The van der Waals surface area contributed by atoms with Gasteiger partial charge in [0.05, 0.1) is 16.2 Å². The van der Waals surface area contributed by atoms with Crippen molar-refractivity contribution in [2.75, 3.05) is 51.2 Å². The van der Waals surface area contributed by atoms with Gasteiger partial charge in [-0.05, 0) is 68.1 Å². The number of likely N-dealkylation sites (N-methyl/N-ethyl adjacent to an activating group) is 1. The number of hydrogen-bond acceptors (Lipinski definition) is 5. The van der Waals surface area contributed by atoms with E-state index >= 15 is 0 Å². The summed E-state index contributed by atoms with van der Waals surface area (Å²) in [6.07, 6.45) is 0.183. The normalized spacial score (nSPS) is 24.5. The van der Waals surface area contributed by atoms with E-state index in [1.54, 1.807) is 24.1 Å². The average molecular weight is 605 g/mol. The Kier molecular flexibility index (Phi) is 9.47. The van der Waals surface area contributed by atoms with Crippen molar-refractivity contribution in [2.24, 2.45) is 5.92 Å². The number of halogens is 4. The second-order valence-corrected chi connectivity index (χ2v) is 12.5. The van der Waals surface area contributed by atoms with Gasteiger partial charge in [-0.2, -0.15) is 13.2 Å². The minimum Gasteiger partial charge on any atom is -0.367 e. The molecule has 3 unspecified atom stereocenters. The van der Waals surface area contributed by atoms with Gasteiger partial charge in [0.2, 0.25) is 5.91 Å². The molecule has 2 saturated heterocycles. The molecule has 1 N–H and O–H groups in total. The molecule has 5 rings (SSSR count). The monoisotopic (exact) mass is 604 g/mol. The summed E-state index contributed by atoms with van der Waals surface area (Å²) < 4.78 is 52.7. The van der Waals surface area contributed by atoms with E-state index in [9.17, 15) is 27.2 Å². The maximum Gasteiger partial charge on any atom is 0.416 e. The minimum absolute atomic E-state index is 0.0229. The van der Waals surface area contributed by atoms with Crippen molar-refractivity contribution in [3.63, 3.8) is 0 Å². The lowest BCUT2D eigenvalue weighted by molar-refractivity contribution is -0.137. The average Bonchev–Trinajstić information content (AvgIpc) is 2.98. The maximum atomic E-state index is 14.1. The summed E-state index contributed by atoms with van der Waals surface area (Å²) in [6.45, 7) is 4.68. The molecular weight excluding hydrogens is 568 g/mol. The van der Waals surface area contributed by atoms with Crippen molar-refractivity contribution in [1.82, 2.24) is 15.1 Å². The highest BCUT2D eigenvalue weighted by Gasteiger charge is 2.42. The zero-order valence-electron chi connectivity index (χ0n) is 23.6. The lowest BCUT2D eigenvalue weighted by atomic mass is 9.83. The van der Waals surface area contributed by atoms with E-state index in [1.807, 2.05) is 12.1 Å². The van der Waals surface area contributed by atoms with Gasteiger partial charge >= 0.3 is 6.18 Å². The molecule has 0 spiro atoms. The summed E-state index contributed by atoms with van der Waals surface area (Å²) in [5, 5.41) is 3.22. The van der Waals surface area contributed by atoms with E-state index < -0.39 is 11.7 Å². The smallest absolute Gasteiger partial charge is 0.367 e. The van der Waals surface area contributed by atoms with E-state index in [0.29, 0.717) is 29.1 Å². The molecule has 11 heteroatoms. The summed E-state index contributed by atoms with van der Waals surface area (Å²) >= 11 is 1.47. The number of benzene rings is 2. The molecule has 3 fully saturated rings. The van der Waals surface area contributed by atoms with E-state index in [0.717, 1.165) is 64.1 Å². The number of para-hydroxylation sites is 1. The first-order valence-corrected chi connectivity index (χ1v) is 15.3. The summed E-state index contributed by atoms with van der Waals surface area (Å²) in [7, 11) is 1.74. The molecule has 3 atom stereocenters. The van der Waals surface area contributed by atoms with Crippen LogP contribution in [0.25, 0.3) is 6.08 Å². The highest BCUT2D eigenvalue weighted by molar-refractivity contribution is 8.04. The van der Waals surface area contributed by atoms with Crippen LogP contribution >= 0.6 is 11.8 Å². The Morgan fingerprint density at radius 1 is 1.05 bits per heavy atom. The van der Waals surface area contributed by atoms with Crippen LogP contribution in [0.4, 0.5) is 23.2 Å². The molecule has 0 radical (unpaired) electrons. The lowest BCUT2D eigenvalue weighted by Crippen LogP contribution is -2.52. The fourth-order valence-electron chi connectivity index (χ4n) is 6.03. The third-order valence-electron chi connectivity index (χ3n) is 8.48. The van der Waals surface area contributed by atoms with E-state index in [4.69, 9.17) is 0 Å². The van der Waals surface area contributed by atoms with Gasteiger partial charge in [-0.15, -0.1) is 11.8 Å². The first-order valence-electron chi connectivity index (χ1n) is 14.4. The number of carbonyl (C=O) groups is 2. The van der Waals surface area contributed by atoms with Gasteiger partial charge in [0, 0.05) is 57.0 Å². The Hall–Kier alpha value is -3.05. The van der Waals surface area contributed by atoms with E-state index in [1.165, 1.54) is 30.0 Å². The number of hydrogen-bond donors (Lipinski definition) is 1. The van der Waals surface area contributed by atoms with E-state index in [-0.39, 0.29) is 34.8 Å². The lowest BCUT2D eigenvalue weighted by Gasteiger charge is -2.44. The highest BCUT2D eigenvalue weighted by atomic mass is 32.2. The van der Waals surface area contributed by atoms with Crippen LogP contribution in [-0.4, -0.2) is 79.2 Å². The zero-order chi connectivity index (χ0) is 29.9. The topological polar surface area (TPSA) is 55.9 Å². The fraction of sp³-hybridized carbons (Fsp3) is 0.484. The Morgan fingerprint density at radius 3 is 2.45 bits per heavy atom. The molecule has 2 aromatic rings. The zero-order valence-corrected chi connectivity index (χ0v) is 24.4. The van der Waals surface area contributed by atoms with Crippen LogP contribution in [0.2, 0.25) is 0 Å². The molecule has 1 saturated carbocycles. The number of alkyl halides is 3. The van der Waals surface area contributed by atoms with Gasteiger partial charge in [-0.3, -0.25) is 14.5 Å². The van der Waals surface area contributed by atoms with Crippen LogP contribution in [0.15, 0.2) is 53.4 Å². The van der Waals surface area contributed by atoms with Gasteiger partial charge in [-0.1, -0.05) is 24.3 Å². The number of nitrogens with one attached hydrogen (secondary N) is 1. The number of anilines is 1. The van der Waals surface area contributed by atoms with Crippen LogP contribution in [0.3, 0.4) is 0 Å². The highest BCUT2D eigenvalue weighted by Crippen LogP contribution is 2.43. The van der Waals surface area contributed by atoms with Crippen molar-refractivity contribution in [3.05, 3.63) is 70.4 Å². The molecule has 6 nitrogen and oxygen atoms in total. The van der Waals surface area contributed by atoms with Crippen LogP contribution < -0.4 is 10.2 Å². The Bertz CT molecular complexity index is 1290. The third kappa shape index (κ3) is 7.11.